The molecule has 0 saturated heterocycles. The van der Waals surface area contributed by atoms with E-state index < -0.39 is 6.43 Å². The molecule has 0 fully saturated rings. The Hall–Kier alpha value is -0.640. The van der Waals surface area contributed by atoms with Gasteiger partial charge in [0.2, 0.25) is 0 Å². The monoisotopic (exact) mass is 180 g/mol. The van der Waals surface area contributed by atoms with Crippen molar-refractivity contribution in [2.45, 2.75) is 19.4 Å². The van der Waals surface area contributed by atoms with Gasteiger partial charge >= 0.3 is 0 Å². The van der Waals surface area contributed by atoms with Crippen LogP contribution in [0.25, 0.3) is 0 Å². The van der Waals surface area contributed by atoms with Gasteiger partial charge in [0.05, 0.1) is 0 Å². The molecular weight excluding hydrogens is 174 g/mol. The number of halogens is 3. The normalized spacial score (nSPS) is 11.0. The Morgan fingerprint density at radius 2 is 2.36 bits per heavy atom. The Bertz CT molecular complexity index is 247. The van der Waals surface area contributed by atoms with Crippen molar-refractivity contribution in [2.24, 2.45) is 0 Å². The third-order valence-corrected chi connectivity index (χ3v) is 1.56. The van der Waals surface area contributed by atoms with Gasteiger partial charge in [-0.3, -0.25) is 4.68 Å². The van der Waals surface area contributed by atoms with Crippen LogP contribution in [0.3, 0.4) is 0 Å². The lowest BCUT2D eigenvalue weighted by atomic mass is 10.4. The topological polar surface area (TPSA) is 17.8 Å². The van der Waals surface area contributed by atoms with Gasteiger partial charge in [-0.25, -0.2) is 8.78 Å². The third kappa shape index (κ3) is 1.68. The SMILES string of the molecule is Cc1cc(C(F)F)nn1CCl. The highest BCUT2D eigenvalue weighted by Gasteiger charge is 2.12. The summed E-state index contributed by atoms with van der Waals surface area (Å²) >= 11 is 5.41. The van der Waals surface area contributed by atoms with E-state index in [-0.39, 0.29) is 11.7 Å². The molecule has 1 heterocycles. The van der Waals surface area contributed by atoms with E-state index in [2.05, 4.69) is 5.10 Å². The summed E-state index contributed by atoms with van der Waals surface area (Å²) < 4.78 is 25.3. The van der Waals surface area contributed by atoms with Crippen LogP contribution in [0.2, 0.25) is 0 Å². The van der Waals surface area contributed by atoms with Gasteiger partial charge in [0.1, 0.15) is 11.7 Å². The van der Waals surface area contributed by atoms with E-state index in [0.717, 1.165) is 0 Å². The Labute approximate surface area is 67.8 Å². The molecule has 1 aromatic heterocycles. The van der Waals surface area contributed by atoms with Crippen molar-refractivity contribution in [3.63, 3.8) is 0 Å². The number of aromatic nitrogens is 2. The highest BCUT2D eigenvalue weighted by Crippen LogP contribution is 2.17. The van der Waals surface area contributed by atoms with Gasteiger partial charge < -0.3 is 0 Å². The van der Waals surface area contributed by atoms with Crippen LogP contribution >= 0.6 is 11.6 Å². The standard InChI is InChI=1S/C6H7ClF2N2/c1-4-2-5(6(8)9)10-11(4)3-7/h2,6H,3H2,1H3. The maximum atomic E-state index is 12.0. The molecule has 0 N–H and O–H groups in total. The summed E-state index contributed by atoms with van der Waals surface area (Å²) in [6, 6.07) is 1.44. The molecule has 0 aliphatic rings. The quantitative estimate of drug-likeness (QED) is 0.639. The molecule has 2 nitrogen and oxygen atoms in total. The number of hydrogen-bond acceptors (Lipinski definition) is 1. The average molecular weight is 181 g/mol. The first-order chi connectivity index (χ1) is 5.15. The van der Waals surface area contributed by atoms with Crippen LogP contribution in [-0.4, -0.2) is 9.78 Å². The van der Waals surface area contributed by atoms with E-state index in [1.807, 2.05) is 0 Å². The van der Waals surface area contributed by atoms with Crippen LogP contribution < -0.4 is 0 Å². The number of alkyl halides is 3. The van der Waals surface area contributed by atoms with Crippen LogP contribution in [0.1, 0.15) is 17.8 Å². The molecule has 0 radical (unpaired) electrons. The second kappa shape index (κ2) is 3.17. The first-order valence-electron chi connectivity index (χ1n) is 3.03. The van der Waals surface area contributed by atoms with Crippen molar-refractivity contribution in [3.05, 3.63) is 17.5 Å². The van der Waals surface area contributed by atoms with E-state index in [0.29, 0.717) is 5.69 Å². The predicted octanol–water partition coefficient (Wildman–Crippen LogP) is 2.33. The van der Waals surface area contributed by atoms with E-state index in [1.165, 1.54) is 10.7 Å². The summed E-state index contributed by atoms with van der Waals surface area (Å²) in [7, 11) is 0. The summed E-state index contributed by atoms with van der Waals surface area (Å²) in [6.07, 6.45) is -2.52. The van der Waals surface area contributed by atoms with E-state index in [9.17, 15) is 8.78 Å². The molecule has 0 bridgehead atoms. The lowest BCUT2D eigenvalue weighted by Gasteiger charge is -1.94. The zero-order chi connectivity index (χ0) is 8.43. The summed E-state index contributed by atoms with van der Waals surface area (Å²) in [4.78, 5) is 0. The maximum Gasteiger partial charge on any atom is 0.282 e. The third-order valence-electron chi connectivity index (χ3n) is 1.34. The van der Waals surface area contributed by atoms with Gasteiger partial charge in [0, 0.05) is 5.69 Å². The molecule has 62 valence electrons. The zero-order valence-corrected chi connectivity index (χ0v) is 6.65. The average Bonchev–Trinajstić information content (AvgIpc) is 2.31. The zero-order valence-electron chi connectivity index (χ0n) is 5.89. The number of hydrogen-bond donors (Lipinski definition) is 0. The fourth-order valence-corrected chi connectivity index (χ4v) is 1.01. The van der Waals surface area contributed by atoms with Crippen LogP contribution in [0.5, 0.6) is 0 Å². The van der Waals surface area contributed by atoms with Crippen molar-refractivity contribution in [2.75, 3.05) is 0 Å². The van der Waals surface area contributed by atoms with Crippen molar-refractivity contribution < 1.29 is 8.78 Å². The predicted molar refractivity (Wildman–Crippen MR) is 37.8 cm³/mol. The van der Waals surface area contributed by atoms with Gasteiger partial charge in [-0.05, 0) is 13.0 Å². The Morgan fingerprint density at radius 3 is 2.64 bits per heavy atom. The van der Waals surface area contributed by atoms with Crippen molar-refractivity contribution in [1.82, 2.24) is 9.78 Å². The smallest absolute Gasteiger partial charge is 0.255 e. The van der Waals surface area contributed by atoms with Crippen molar-refractivity contribution in [3.8, 4) is 0 Å². The first-order valence-corrected chi connectivity index (χ1v) is 3.57. The summed E-state index contributed by atoms with van der Waals surface area (Å²) in [5.74, 6) is 0. The second-order valence-electron chi connectivity index (χ2n) is 2.13. The Kier molecular flexibility index (Phi) is 2.44. The molecule has 1 rings (SSSR count). The Morgan fingerprint density at radius 1 is 1.73 bits per heavy atom. The molecule has 0 aliphatic heterocycles. The number of aryl methyl sites for hydroxylation is 1. The van der Waals surface area contributed by atoms with E-state index in [4.69, 9.17) is 11.6 Å². The van der Waals surface area contributed by atoms with Gasteiger partial charge in [0.15, 0.2) is 0 Å². The van der Waals surface area contributed by atoms with Crippen molar-refractivity contribution >= 4 is 11.6 Å². The van der Waals surface area contributed by atoms with Crippen LogP contribution in [0, 0.1) is 6.92 Å². The molecule has 0 unspecified atom stereocenters. The number of rotatable bonds is 2. The molecule has 0 saturated carbocycles. The second-order valence-corrected chi connectivity index (χ2v) is 2.37. The molecular formula is C6H7ClF2N2. The minimum absolute atomic E-state index is 0.110. The fourth-order valence-electron chi connectivity index (χ4n) is 0.763. The van der Waals surface area contributed by atoms with Crippen LogP contribution in [-0.2, 0) is 6.00 Å². The summed E-state index contributed by atoms with van der Waals surface area (Å²) in [5.41, 5.74) is 0.429. The fraction of sp³-hybridized carbons (Fsp3) is 0.500. The maximum absolute atomic E-state index is 12.0. The molecule has 0 atom stereocenters. The van der Waals surface area contributed by atoms with Gasteiger partial charge in [0.25, 0.3) is 6.43 Å². The highest BCUT2D eigenvalue weighted by molar-refractivity contribution is 6.15. The lowest BCUT2D eigenvalue weighted by molar-refractivity contribution is 0.145. The van der Waals surface area contributed by atoms with Crippen LogP contribution in [0.4, 0.5) is 8.78 Å². The van der Waals surface area contributed by atoms with Crippen molar-refractivity contribution in [1.29, 1.82) is 0 Å². The molecule has 0 aliphatic carbocycles. The molecule has 11 heavy (non-hydrogen) atoms. The first kappa shape index (κ1) is 8.46. The Balaban J connectivity index is 2.95. The van der Waals surface area contributed by atoms with E-state index >= 15 is 0 Å². The largest absolute Gasteiger partial charge is 0.282 e. The molecule has 1 aromatic rings. The van der Waals surface area contributed by atoms with Crippen LogP contribution in [0.15, 0.2) is 6.07 Å². The van der Waals surface area contributed by atoms with Gasteiger partial charge in [-0.1, -0.05) is 0 Å². The van der Waals surface area contributed by atoms with Gasteiger partial charge in [-0.2, -0.15) is 5.10 Å². The summed E-state index contributed by atoms with van der Waals surface area (Å²) in [5, 5.41) is 3.56. The number of nitrogens with zero attached hydrogens (tertiary/aromatic N) is 2. The molecule has 0 aromatic carbocycles. The highest BCUT2D eigenvalue weighted by atomic mass is 35.5. The summed E-state index contributed by atoms with van der Waals surface area (Å²) in [6.45, 7) is 1.68. The molecule has 5 heteroatoms. The van der Waals surface area contributed by atoms with Gasteiger partial charge in [-0.15, -0.1) is 11.6 Å². The molecule has 0 amide bonds. The minimum Gasteiger partial charge on any atom is -0.255 e. The minimum atomic E-state index is -2.52. The van der Waals surface area contributed by atoms with E-state index in [1.54, 1.807) is 6.92 Å². The lowest BCUT2D eigenvalue weighted by Crippen LogP contribution is -1.97. The molecule has 0 spiro atoms.